The van der Waals surface area contributed by atoms with Gasteiger partial charge in [-0.2, -0.15) is 0 Å². The van der Waals surface area contributed by atoms with Gasteiger partial charge in [0.1, 0.15) is 5.75 Å². The van der Waals surface area contributed by atoms with Crippen LogP contribution in [-0.4, -0.2) is 24.8 Å². The lowest BCUT2D eigenvalue weighted by Crippen LogP contribution is -2.31. The lowest BCUT2D eigenvalue weighted by molar-refractivity contribution is -0.112. The highest BCUT2D eigenvalue weighted by Gasteiger charge is 2.17. The van der Waals surface area contributed by atoms with Gasteiger partial charge in [-0.3, -0.25) is 4.79 Å². The number of urea groups is 1. The smallest absolute Gasteiger partial charge is 0.312 e. The average molecular weight is 268 g/mol. The Labute approximate surface area is 111 Å². The van der Waals surface area contributed by atoms with E-state index in [-0.39, 0.29) is 11.0 Å². The van der Waals surface area contributed by atoms with Crippen LogP contribution in [0.25, 0.3) is 0 Å². The van der Waals surface area contributed by atoms with E-state index >= 15 is 0 Å². The fourth-order valence-electron chi connectivity index (χ4n) is 1.61. The third kappa shape index (κ3) is 4.29. The van der Waals surface area contributed by atoms with Crippen LogP contribution in [0.5, 0.6) is 5.75 Å². The van der Waals surface area contributed by atoms with E-state index in [2.05, 4.69) is 17.9 Å². The molecule has 98 valence electrons. The summed E-state index contributed by atoms with van der Waals surface area (Å²) in [6.45, 7) is 0.332. The number of ether oxygens (including phenoxy) is 1. The van der Waals surface area contributed by atoms with E-state index in [0.717, 1.165) is 11.3 Å². The second-order valence-electron chi connectivity index (χ2n) is 3.74. The summed E-state index contributed by atoms with van der Waals surface area (Å²) in [6, 6.07) is 6.57. The number of rotatable bonds is 6. The molecule has 0 radical (unpaired) electrons. The number of hydrogen-bond donors (Lipinski definition) is 3. The fraction of sp³-hybridized carbons (Fsp3) is 0.333. The van der Waals surface area contributed by atoms with Crippen molar-refractivity contribution >= 4 is 23.8 Å². The second-order valence-corrected chi connectivity index (χ2v) is 4.18. The van der Waals surface area contributed by atoms with Gasteiger partial charge in [-0.15, -0.1) is 12.6 Å². The molecule has 0 aromatic heterocycles. The maximum absolute atomic E-state index is 11.5. The Bertz CT molecular complexity index is 420. The first-order valence-corrected chi connectivity index (χ1v) is 5.89. The molecule has 6 heteroatoms. The topological polar surface area (TPSA) is 81.4 Å². The number of methoxy groups -OCH3 is 1. The molecule has 1 aromatic carbocycles. The molecular formula is C12H16N2O3S. The van der Waals surface area contributed by atoms with E-state index in [0.29, 0.717) is 13.0 Å². The third-order valence-electron chi connectivity index (χ3n) is 2.55. The number of carbonyl (C=O) groups is 2. The van der Waals surface area contributed by atoms with Gasteiger partial charge in [0.05, 0.1) is 13.0 Å². The molecule has 1 unspecified atom stereocenters. The van der Waals surface area contributed by atoms with E-state index in [1.165, 1.54) is 0 Å². The maximum Gasteiger partial charge on any atom is 0.312 e. The molecule has 0 saturated heterocycles. The largest absolute Gasteiger partial charge is 0.497 e. The summed E-state index contributed by atoms with van der Waals surface area (Å²) >= 11 is 3.86. The number of nitrogens with one attached hydrogen (secondary N) is 1. The fourth-order valence-corrected chi connectivity index (χ4v) is 1.89. The standard InChI is InChI=1S/C12H16N2O3S/c1-17-9-4-2-8(3-5-9)10(11(15)18)6-7-14-12(13)16/h2-5,10H,6-7H2,1H3,(H,15,18)(H3,13,14,16). The number of carbonyl (C=O) groups excluding carboxylic acids is 2. The summed E-state index contributed by atoms with van der Waals surface area (Å²) in [5.41, 5.74) is 5.80. The van der Waals surface area contributed by atoms with Crippen LogP contribution < -0.4 is 15.8 Å². The van der Waals surface area contributed by atoms with Crippen LogP contribution in [0.4, 0.5) is 4.79 Å². The minimum Gasteiger partial charge on any atom is -0.497 e. The number of primary amides is 1. The van der Waals surface area contributed by atoms with Crippen LogP contribution in [-0.2, 0) is 4.79 Å². The van der Waals surface area contributed by atoms with Crippen molar-refractivity contribution in [2.45, 2.75) is 12.3 Å². The summed E-state index contributed by atoms with van der Waals surface area (Å²) in [4.78, 5) is 22.0. The van der Waals surface area contributed by atoms with Gasteiger partial charge < -0.3 is 15.8 Å². The zero-order valence-electron chi connectivity index (χ0n) is 10.1. The van der Waals surface area contributed by atoms with E-state index in [1.807, 2.05) is 12.1 Å². The van der Waals surface area contributed by atoms with Gasteiger partial charge >= 0.3 is 6.03 Å². The Kier molecular flexibility index (Phi) is 5.51. The lowest BCUT2D eigenvalue weighted by Gasteiger charge is -2.14. The van der Waals surface area contributed by atoms with Gasteiger partial charge in [0.15, 0.2) is 5.12 Å². The molecule has 0 aliphatic rings. The van der Waals surface area contributed by atoms with Crippen molar-refractivity contribution in [2.75, 3.05) is 13.7 Å². The summed E-state index contributed by atoms with van der Waals surface area (Å²) < 4.78 is 5.04. The highest BCUT2D eigenvalue weighted by atomic mass is 32.1. The van der Waals surface area contributed by atoms with E-state index in [1.54, 1.807) is 19.2 Å². The Morgan fingerprint density at radius 3 is 2.44 bits per heavy atom. The van der Waals surface area contributed by atoms with Crippen LogP contribution in [0, 0.1) is 0 Å². The zero-order chi connectivity index (χ0) is 13.5. The Hall–Kier alpha value is -1.69. The van der Waals surface area contributed by atoms with Gasteiger partial charge in [0.2, 0.25) is 0 Å². The maximum atomic E-state index is 11.5. The van der Waals surface area contributed by atoms with E-state index in [9.17, 15) is 9.59 Å². The SMILES string of the molecule is COc1ccc(C(CCNC(N)=O)C(=O)S)cc1. The first kappa shape index (κ1) is 14.4. The van der Waals surface area contributed by atoms with Crippen molar-refractivity contribution in [3.05, 3.63) is 29.8 Å². The molecule has 18 heavy (non-hydrogen) atoms. The molecule has 0 heterocycles. The predicted molar refractivity (Wildman–Crippen MR) is 71.9 cm³/mol. The summed E-state index contributed by atoms with van der Waals surface area (Å²) in [6.07, 6.45) is 0.456. The van der Waals surface area contributed by atoms with Crippen molar-refractivity contribution < 1.29 is 14.3 Å². The zero-order valence-corrected chi connectivity index (χ0v) is 10.9. The summed E-state index contributed by atoms with van der Waals surface area (Å²) in [5.74, 6) is 0.352. The number of thiol groups is 1. The minimum absolute atomic E-state index is 0.244. The Morgan fingerprint density at radius 1 is 1.39 bits per heavy atom. The van der Waals surface area contributed by atoms with Crippen molar-refractivity contribution in [3.8, 4) is 5.75 Å². The van der Waals surface area contributed by atoms with Gasteiger partial charge in [0.25, 0.3) is 0 Å². The van der Waals surface area contributed by atoms with Crippen molar-refractivity contribution in [1.29, 1.82) is 0 Å². The molecule has 1 aromatic rings. The van der Waals surface area contributed by atoms with Gasteiger partial charge in [-0.1, -0.05) is 12.1 Å². The average Bonchev–Trinajstić information content (AvgIpc) is 2.34. The molecule has 0 fully saturated rings. The molecule has 1 atom stereocenters. The molecule has 0 bridgehead atoms. The number of amides is 2. The number of hydrogen-bond acceptors (Lipinski definition) is 3. The first-order chi connectivity index (χ1) is 8.54. The van der Waals surface area contributed by atoms with Crippen molar-refractivity contribution in [2.24, 2.45) is 5.73 Å². The predicted octanol–water partition coefficient (Wildman–Crippen LogP) is 1.29. The normalized spacial score (nSPS) is 11.7. The molecule has 0 spiro atoms. The number of benzene rings is 1. The molecule has 2 amide bonds. The Morgan fingerprint density at radius 2 is 2.00 bits per heavy atom. The van der Waals surface area contributed by atoms with Crippen LogP contribution >= 0.6 is 12.6 Å². The molecule has 0 saturated carbocycles. The quantitative estimate of drug-likeness (QED) is 0.680. The second kappa shape index (κ2) is 6.90. The molecule has 1 rings (SSSR count). The van der Waals surface area contributed by atoms with Crippen LogP contribution in [0.15, 0.2) is 24.3 Å². The van der Waals surface area contributed by atoms with Gasteiger partial charge in [0, 0.05) is 6.54 Å². The highest BCUT2D eigenvalue weighted by molar-refractivity contribution is 7.96. The van der Waals surface area contributed by atoms with Crippen molar-refractivity contribution in [3.63, 3.8) is 0 Å². The number of nitrogens with two attached hydrogens (primary N) is 1. The minimum atomic E-state index is -0.602. The van der Waals surface area contributed by atoms with Gasteiger partial charge in [-0.05, 0) is 24.1 Å². The van der Waals surface area contributed by atoms with Crippen LogP contribution in [0.2, 0.25) is 0 Å². The Balaban J connectivity index is 2.71. The van der Waals surface area contributed by atoms with Gasteiger partial charge in [-0.25, -0.2) is 4.79 Å². The third-order valence-corrected chi connectivity index (χ3v) is 2.86. The van der Waals surface area contributed by atoms with Crippen LogP contribution in [0.1, 0.15) is 17.9 Å². The van der Waals surface area contributed by atoms with Crippen molar-refractivity contribution in [1.82, 2.24) is 5.32 Å². The molecule has 0 aliphatic carbocycles. The first-order valence-electron chi connectivity index (χ1n) is 5.44. The summed E-state index contributed by atoms with van der Waals surface area (Å²) in [5, 5.41) is 2.21. The molecule has 0 aliphatic heterocycles. The van der Waals surface area contributed by atoms with E-state index < -0.39 is 6.03 Å². The molecule has 5 nitrogen and oxygen atoms in total. The monoisotopic (exact) mass is 268 g/mol. The van der Waals surface area contributed by atoms with Crippen LogP contribution in [0.3, 0.4) is 0 Å². The summed E-state index contributed by atoms with van der Waals surface area (Å²) in [7, 11) is 1.58. The lowest BCUT2D eigenvalue weighted by atomic mass is 9.97. The molecule has 3 N–H and O–H groups in total. The molecular weight excluding hydrogens is 252 g/mol. The van der Waals surface area contributed by atoms with E-state index in [4.69, 9.17) is 10.5 Å². The highest BCUT2D eigenvalue weighted by Crippen LogP contribution is 2.24.